The Balaban J connectivity index is 1.65. The van der Waals surface area contributed by atoms with E-state index in [1.807, 2.05) is 41.3 Å². The molecule has 3 heterocycles. The number of hydrogen-bond acceptors (Lipinski definition) is 4. The van der Waals surface area contributed by atoms with E-state index in [2.05, 4.69) is 5.32 Å². The van der Waals surface area contributed by atoms with Gasteiger partial charge in [-0.2, -0.15) is 0 Å². The van der Waals surface area contributed by atoms with Crippen molar-refractivity contribution in [1.82, 2.24) is 0 Å². The molecule has 1 saturated heterocycles. The number of anilines is 2. The normalized spacial score (nSPS) is 25.7. The number of ketones is 2. The lowest BCUT2D eigenvalue weighted by Gasteiger charge is -2.37. The molecule has 0 radical (unpaired) electrons. The third kappa shape index (κ3) is 2.89. The molecule has 7 heteroatoms. The Kier molecular flexibility index (Phi) is 4.73. The Labute approximate surface area is 206 Å². The van der Waals surface area contributed by atoms with Crippen molar-refractivity contribution >= 4 is 46.5 Å². The Morgan fingerprint density at radius 1 is 1.06 bits per heavy atom. The van der Waals surface area contributed by atoms with Crippen LogP contribution < -0.4 is 10.2 Å². The van der Waals surface area contributed by atoms with Crippen molar-refractivity contribution in [2.24, 2.45) is 5.92 Å². The van der Waals surface area contributed by atoms with Gasteiger partial charge in [-0.05, 0) is 66.6 Å². The molecular weight excluding hydrogens is 467 g/mol. The number of halogens is 2. The minimum absolute atomic E-state index is 0.235. The summed E-state index contributed by atoms with van der Waals surface area (Å²) in [4.78, 5) is 43.3. The SMILES string of the molecule is CC(=O)[C@@H]1[C@H](C(=O)c2ccc(F)cc2)[C@@]2(C(=O)Nc3ccccc32)[C@H]2C=Cc3cc(Cl)ccc3N12. The van der Waals surface area contributed by atoms with Gasteiger partial charge in [0.15, 0.2) is 11.6 Å². The first-order chi connectivity index (χ1) is 16.8. The quantitative estimate of drug-likeness (QED) is 0.527. The van der Waals surface area contributed by atoms with Gasteiger partial charge in [-0.1, -0.05) is 42.0 Å². The Morgan fingerprint density at radius 3 is 2.54 bits per heavy atom. The van der Waals surface area contributed by atoms with Gasteiger partial charge >= 0.3 is 0 Å². The maximum absolute atomic E-state index is 14.2. The van der Waals surface area contributed by atoms with Crippen LogP contribution in [-0.2, 0) is 15.0 Å². The highest BCUT2D eigenvalue weighted by molar-refractivity contribution is 6.31. The number of nitrogens with zero attached hydrogens (tertiary/aromatic N) is 1. The van der Waals surface area contributed by atoms with E-state index in [0.717, 1.165) is 11.3 Å². The molecule has 0 aliphatic carbocycles. The van der Waals surface area contributed by atoms with E-state index < -0.39 is 29.2 Å². The van der Waals surface area contributed by atoms with E-state index in [-0.39, 0.29) is 23.0 Å². The molecular formula is C28H20ClFN2O3. The van der Waals surface area contributed by atoms with Crippen LogP contribution in [-0.4, -0.2) is 29.6 Å². The van der Waals surface area contributed by atoms with Crippen LogP contribution in [0.25, 0.3) is 6.08 Å². The smallest absolute Gasteiger partial charge is 0.238 e. The number of para-hydroxylation sites is 1. The zero-order valence-electron chi connectivity index (χ0n) is 18.7. The van der Waals surface area contributed by atoms with Gasteiger partial charge in [-0.3, -0.25) is 14.4 Å². The summed E-state index contributed by atoms with van der Waals surface area (Å²) < 4.78 is 13.7. The summed E-state index contributed by atoms with van der Waals surface area (Å²) >= 11 is 6.23. The van der Waals surface area contributed by atoms with Gasteiger partial charge in [0.1, 0.15) is 11.2 Å². The largest absolute Gasteiger partial charge is 0.352 e. The number of rotatable bonds is 3. The number of carbonyl (C=O) groups excluding carboxylic acids is 3. The highest BCUT2D eigenvalue weighted by Crippen LogP contribution is 2.57. The predicted molar refractivity (Wildman–Crippen MR) is 132 cm³/mol. The van der Waals surface area contributed by atoms with Crippen LogP contribution in [0.3, 0.4) is 0 Å². The number of hydrogen-bond donors (Lipinski definition) is 1. The number of fused-ring (bicyclic) bond motifs is 6. The van der Waals surface area contributed by atoms with Gasteiger partial charge in [-0.15, -0.1) is 0 Å². The van der Waals surface area contributed by atoms with Crippen LogP contribution in [0.15, 0.2) is 72.8 Å². The monoisotopic (exact) mass is 486 g/mol. The van der Waals surface area contributed by atoms with Crippen molar-refractivity contribution in [3.8, 4) is 0 Å². The van der Waals surface area contributed by atoms with E-state index in [1.165, 1.54) is 31.2 Å². The van der Waals surface area contributed by atoms with Gasteiger partial charge in [0.05, 0.1) is 18.0 Å². The van der Waals surface area contributed by atoms with Crippen molar-refractivity contribution in [3.05, 3.63) is 100 Å². The van der Waals surface area contributed by atoms with Gasteiger partial charge in [-0.25, -0.2) is 4.39 Å². The lowest BCUT2D eigenvalue weighted by atomic mass is 9.64. The second kappa shape index (κ2) is 7.62. The van der Waals surface area contributed by atoms with Crippen molar-refractivity contribution in [2.75, 3.05) is 10.2 Å². The van der Waals surface area contributed by atoms with Crippen LogP contribution in [0.4, 0.5) is 15.8 Å². The van der Waals surface area contributed by atoms with Crippen LogP contribution in [0.2, 0.25) is 5.02 Å². The third-order valence-electron chi connectivity index (χ3n) is 7.42. The topological polar surface area (TPSA) is 66.5 Å². The molecule has 3 aromatic carbocycles. The summed E-state index contributed by atoms with van der Waals surface area (Å²) in [5.74, 6) is -2.46. The molecule has 1 fully saturated rings. The fourth-order valence-corrected chi connectivity index (χ4v) is 6.28. The fourth-order valence-electron chi connectivity index (χ4n) is 6.10. The zero-order chi connectivity index (χ0) is 24.5. The molecule has 3 aromatic rings. The van der Waals surface area contributed by atoms with Crippen molar-refractivity contribution in [2.45, 2.75) is 24.4 Å². The molecule has 1 amide bonds. The van der Waals surface area contributed by atoms with Crippen LogP contribution in [0, 0.1) is 11.7 Å². The second-order valence-corrected chi connectivity index (χ2v) is 9.62. The van der Waals surface area contributed by atoms with Gasteiger partial charge in [0, 0.05) is 22.0 Å². The predicted octanol–water partition coefficient (Wildman–Crippen LogP) is 5.04. The lowest BCUT2D eigenvalue weighted by molar-refractivity contribution is -0.122. The van der Waals surface area contributed by atoms with E-state index in [4.69, 9.17) is 11.6 Å². The number of Topliss-reactive ketones (excluding diaryl/α,β-unsaturated/α-hetero) is 2. The lowest BCUT2D eigenvalue weighted by Crippen LogP contribution is -2.51. The van der Waals surface area contributed by atoms with Crippen LogP contribution in [0.1, 0.15) is 28.4 Å². The minimum Gasteiger partial charge on any atom is -0.352 e. The Morgan fingerprint density at radius 2 is 1.80 bits per heavy atom. The Bertz CT molecular complexity index is 1450. The van der Waals surface area contributed by atoms with E-state index >= 15 is 0 Å². The van der Waals surface area contributed by atoms with Gasteiger partial charge < -0.3 is 10.2 Å². The molecule has 5 nitrogen and oxygen atoms in total. The molecule has 0 saturated carbocycles. The first-order valence-corrected chi connectivity index (χ1v) is 11.7. The average molecular weight is 487 g/mol. The molecule has 0 aromatic heterocycles. The molecule has 4 atom stereocenters. The molecule has 0 unspecified atom stereocenters. The third-order valence-corrected chi connectivity index (χ3v) is 7.66. The molecule has 6 rings (SSSR count). The molecule has 1 spiro atoms. The number of carbonyl (C=O) groups is 3. The maximum atomic E-state index is 14.2. The van der Waals surface area contributed by atoms with Gasteiger partial charge in [0.25, 0.3) is 0 Å². The zero-order valence-corrected chi connectivity index (χ0v) is 19.4. The summed E-state index contributed by atoms with van der Waals surface area (Å²) in [5.41, 5.74) is 1.72. The number of nitrogens with one attached hydrogen (secondary N) is 1. The maximum Gasteiger partial charge on any atom is 0.238 e. The van der Waals surface area contributed by atoms with Crippen molar-refractivity contribution in [3.63, 3.8) is 0 Å². The molecule has 0 bridgehead atoms. The summed E-state index contributed by atoms with van der Waals surface area (Å²) in [5, 5.41) is 3.50. The minimum atomic E-state index is -1.35. The van der Waals surface area contributed by atoms with Crippen LogP contribution >= 0.6 is 11.6 Å². The number of benzene rings is 3. The van der Waals surface area contributed by atoms with Gasteiger partial charge in [0.2, 0.25) is 5.91 Å². The molecule has 174 valence electrons. The summed E-state index contributed by atoms with van der Waals surface area (Å²) in [6.07, 6.45) is 3.77. The fraction of sp³-hybridized carbons (Fsp3) is 0.179. The van der Waals surface area contributed by atoms with E-state index in [9.17, 15) is 18.8 Å². The first kappa shape index (κ1) is 21.7. The summed E-state index contributed by atoms with van der Waals surface area (Å²) in [7, 11) is 0. The number of amides is 1. The molecule has 1 N–H and O–H groups in total. The summed E-state index contributed by atoms with van der Waals surface area (Å²) in [6, 6.07) is 16.4. The standard InChI is InChI=1S/C28H20ClFN2O3/c1-15(33)25-24(26(34)16-6-10-19(30)11-7-16)28(20-4-2-3-5-21(20)31-27(28)35)23-13-8-17-14-18(29)9-12-22(17)32(23)25/h2-14,23-25H,1H3,(H,31,35)/t23-,24-,25-,28+/m1/s1. The first-order valence-electron chi connectivity index (χ1n) is 11.3. The second-order valence-electron chi connectivity index (χ2n) is 9.19. The van der Waals surface area contributed by atoms with E-state index in [0.29, 0.717) is 16.3 Å². The van der Waals surface area contributed by atoms with Crippen molar-refractivity contribution in [1.29, 1.82) is 0 Å². The van der Waals surface area contributed by atoms with Crippen molar-refractivity contribution < 1.29 is 18.8 Å². The highest BCUT2D eigenvalue weighted by atomic mass is 35.5. The molecule has 35 heavy (non-hydrogen) atoms. The highest BCUT2D eigenvalue weighted by Gasteiger charge is 2.69. The summed E-state index contributed by atoms with van der Waals surface area (Å²) in [6.45, 7) is 1.44. The molecule has 3 aliphatic heterocycles. The Hall–Kier alpha value is -3.77. The molecule has 3 aliphatic rings. The van der Waals surface area contributed by atoms with Crippen LogP contribution in [0.5, 0.6) is 0 Å². The average Bonchev–Trinajstić information content (AvgIpc) is 3.32. The van der Waals surface area contributed by atoms with E-state index in [1.54, 1.807) is 18.2 Å².